The van der Waals surface area contributed by atoms with Gasteiger partial charge in [0, 0.05) is 6.54 Å². The van der Waals surface area contributed by atoms with Crippen LogP contribution in [-0.2, 0) is 6.42 Å². The molecule has 6 N–H and O–H groups in total. The summed E-state index contributed by atoms with van der Waals surface area (Å²) in [7, 11) is 0. The number of rotatable bonds is 7. The van der Waals surface area contributed by atoms with Crippen molar-refractivity contribution in [1.29, 1.82) is 0 Å². The molecule has 0 saturated heterocycles. The predicted octanol–water partition coefficient (Wildman–Crippen LogP) is 2.01. The third-order valence-electron chi connectivity index (χ3n) is 6.16. The molecule has 29 heavy (non-hydrogen) atoms. The Morgan fingerprint density at radius 3 is 2.59 bits per heavy atom. The Morgan fingerprint density at radius 2 is 1.93 bits per heavy atom. The summed E-state index contributed by atoms with van der Waals surface area (Å²) in [5, 5.41) is 17.6. The van der Waals surface area contributed by atoms with Crippen LogP contribution in [-0.4, -0.2) is 29.6 Å². The number of nitro groups is 1. The zero-order valence-corrected chi connectivity index (χ0v) is 17.1. The van der Waals surface area contributed by atoms with Crippen LogP contribution in [0.25, 0.3) is 0 Å². The largest absolute Gasteiger partial charge is 0.330 e. The molecule has 0 bridgehead atoms. The van der Waals surface area contributed by atoms with Crippen LogP contribution in [0, 0.1) is 28.9 Å². The van der Waals surface area contributed by atoms with E-state index in [-0.39, 0.29) is 5.70 Å². The van der Waals surface area contributed by atoms with Crippen LogP contribution in [0.5, 0.6) is 0 Å². The monoisotopic (exact) mass is 400 g/mol. The molecular formula is C21H32N6O2. The minimum atomic E-state index is -1.23. The van der Waals surface area contributed by atoms with Crippen molar-refractivity contribution in [3.8, 4) is 0 Å². The fraction of sp³-hybridized carbons (Fsp3) is 0.571. The smallest absolute Gasteiger partial charge is 0.301 e. The van der Waals surface area contributed by atoms with Crippen LogP contribution in [0.4, 0.5) is 0 Å². The van der Waals surface area contributed by atoms with Gasteiger partial charge in [-0.1, -0.05) is 24.3 Å². The number of hydrogen-bond acceptors (Lipinski definition) is 5. The summed E-state index contributed by atoms with van der Waals surface area (Å²) in [4.78, 5) is 15.7. The molecular weight excluding hydrogens is 368 g/mol. The van der Waals surface area contributed by atoms with E-state index in [0.717, 1.165) is 32.1 Å². The van der Waals surface area contributed by atoms with Crippen LogP contribution < -0.4 is 22.1 Å². The molecule has 1 aromatic rings. The fourth-order valence-electron chi connectivity index (χ4n) is 4.34. The van der Waals surface area contributed by atoms with E-state index < -0.39 is 10.6 Å². The number of hydrogen-bond donors (Lipinski definition) is 4. The lowest BCUT2D eigenvalue weighted by Gasteiger charge is -2.37. The van der Waals surface area contributed by atoms with Gasteiger partial charge in [0.25, 0.3) is 0 Å². The quantitative estimate of drug-likeness (QED) is 0.409. The third-order valence-corrected chi connectivity index (χ3v) is 6.16. The topological polar surface area (TPSA) is 132 Å². The van der Waals surface area contributed by atoms with Crippen molar-refractivity contribution < 1.29 is 4.92 Å². The lowest BCUT2D eigenvalue weighted by molar-refractivity contribution is -0.437. The Kier molecular flexibility index (Phi) is 6.87. The number of guanidine groups is 1. The summed E-state index contributed by atoms with van der Waals surface area (Å²) >= 11 is 0. The lowest BCUT2D eigenvalue weighted by Crippen LogP contribution is -2.64. The maximum Gasteiger partial charge on any atom is 0.301 e. The Labute approximate surface area is 172 Å². The molecule has 0 aromatic heterocycles. The standard InChI is InChI=1S/C21H32N6O2/c1-15-4-2-3-5-18(15)10-11-24-20-25-14-19(27(28)29)21(23,26-20)12-16-6-8-17(13-22)9-7-16/h2-5,14,16-17H,6-13,22-23H2,1H3,(H2,24,25,26). The van der Waals surface area contributed by atoms with Gasteiger partial charge in [-0.3, -0.25) is 20.8 Å². The molecule has 1 aromatic carbocycles. The number of aliphatic imine (C=N–C) groups is 1. The van der Waals surface area contributed by atoms with Gasteiger partial charge in [0.2, 0.25) is 0 Å². The van der Waals surface area contributed by atoms with Crippen LogP contribution >= 0.6 is 0 Å². The summed E-state index contributed by atoms with van der Waals surface area (Å²) < 4.78 is 0. The molecule has 2 aliphatic rings. The van der Waals surface area contributed by atoms with Crippen molar-refractivity contribution >= 4 is 5.96 Å². The first-order chi connectivity index (χ1) is 13.9. The summed E-state index contributed by atoms with van der Waals surface area (Å²) in [5.74, 6) is 1.39. The number of nitrogens with zero attached hydrogens (tertiary/aromatic N) is 2. The van der Waals surface area contributed by atoms with Crippen LogP contribution in [0.15, 0.2) is 41.2 Å². The molecule has 1 aliphatic carbocycles. The van der Waals surface area contributed by atoms with E-state index in [4.69, 9.17) is 11.5 Å². The predicted molar refractivity (Wildman–Crippen MR) is 115 cm³/mol. The van der Waals surface area contributed by atoms with Gasteiger partial charge in [0.05, 0.1) is 11.1 Å². The van der Waals surface area contributed by atoms with E-state index in [1.54, 1.807) is 0 Å². The van der Waals surface area contributed by atoms with Crippen molar-refractivity contribution in [1.82, 2.24) is 10.6 Å². The van der Waals surface area contributed by atoms with E-state index in [1.165, 1.54) is 17.3 Å². The second kappa shape index (κ2) is 9.37. The first-order valence-electron chi connectivity index (χ1n) is 10.4. The zero-order chi connectivity index (χ0) is 20.9. The number of aryl methyl sites for hydroxylation is 1. The molecule has 1 heterocycles. The summed E-state index contributed by atoms with van der Waals surface area (Å²) in [5.41, 5.74) is 13.5. The van der Waals surface area contributed by atoms with Gasteiger partial charge in [-0.2, -0.15) is 0 Å². The Hall–Kier alpha value is -2.45. The molecule has 158 valence electrons. The van der Waals surface area contributed by atoms with E-state index in [9.17, 15) is 10.1 Å². The highest BCUT2D eigenvalue weighted by atomic mass is 16.6. The lowest BCUT2D eigenvalue weighted by atomic mass is 9.77. The van der Waals surface area contributed by atoms with Crippen molar-refractivity contribution in [2.75, 3.05) is 13.1 Å². The summed E-state index contributed by atoms with van der Waals surface area (Å²) in [6.45, 7) is 3.36. The number of nitrogens with two attached hydrogens (primary N) is 2. The molecule has 0 spiro atoms. The van der Waals surface area contributed by atoms with E-state index in [0.29, 0.717) is 37.3 Å². The third kappa shape index (κ3) is 5.33. The van der Waals surface area contributed by atoms with Gasteiger partial charge in [0.15, 0.2) is 11.6 Å². The minimum absolute atomic E-state index is 0.0451. The van der Waals surface area contributed by atoms with Crippen molar-refractivity contribution in [2.45, 2.75) is 51.1 Å². The van der Waals surface area contributed by atoms with Crippen LogP contribution in [0.1, 0.15) is 43.2 Å². The second-order valence-corrected chi connectivity index (χ2v) is 8.26. The Bertz CT molecular complexity index is 785. The molecule has 1 aliphatic heterocycles. The van der Waals surface area contributed by atoms with Gasteiger partial charge in [-0.05, 0) is 75.0 Å². The van der Waals surface area contributed by atoms with E-state index >= 15 is 0 Å². The first kappa shape index (κ1) is 21.3. The average Bonchev–Trinajstić information content (AvgIpc) is 2.69. The first-order valence-corrected chi connectivity index (χ1v) is 10.4. The highest BCUT2D eigenvalue weighted by Gasteiger charge is 2.44. The van der Waals surface area contributed by atoms with Gasteiger partial charge in [0.1, 0.15) is 0 Å². The highest BCUT2D eigenvalue weighted by Crippen LogP contribution is 2.34. The minimum Gasteiger partial charge on any atom is -0.330 e. The number of nitrogens with one attached hydrogen (secondary N) is 2. The normalized spacial score (nSPS) is 28.4. The SMILES string of the molecule is Cc1ccccc1CCN=C1NC=C([N+](=O)[O-])C(N)(CC2CCC(CN)CC2)N1. The zero-order valence-electron chi connectivity index (χ0n) is 17.1. The maximum atomic E-state index is 11.6. The molecule has 1 saturated carbocycles. The van der Waals surface area contributed by atoms with Crippen molar-refractivity contribution in [3.05, 3.63) is 57.4 Å². The van der Waals surface area contributed by atoms with E-state index in [1.807, 2.05) is 12.1 Å². The van der Waals surface area contributed by atoms with Gasteiger partial charge < -0.3 is 16.4 Å². The number of benzene rings is 1. The van der Waals surface area contributed by atoms with Crippen LogP contribution in [0.2, 0.25) is 0 Å². The molecule has 1 atom stereocenters. The van der Waals surface area contributed by atoms with Gasteiger partial charge in [-0.25, -0.2) is 0 Å². The summed E-state index contributed by atoms with van der Waals surface area (Å²) in [6.07, 6.45) is 6.81. The molecule has 3 rings (SSSR count). The molecule has 8 heteroatoms. The van der Waals surface area contributed by atoms with E-state index in [2.05, 4.69) is 34.7 Å². The van der Waals surface area contributed by atoms with Crippen LogP contribution in [0.3, 0.4) is 0 Å². The van der Waals surface area contributed by atoms with Gasteiger partial charge in [-0.15, -0.1) is 0 Å². The van der Waals surface area contributed by atoms with Gasteiger partial charge >= 0.3 is 5.70 Å². The Balaban J connectivity index is 1.66. The Morgan fingerprint density at radius 1 is 1.24 bits per heavy atom. The van der Waals surface area contributed by atoms with Crippen molar-refractivity contribution in [2.24, 2.45) is 28.3 Å². The highest BCUT2D eigenvalue weighted by molar-refractivity contribution is 5.83. The molecule has 1 fully saturated rings. The average molecular weight is 401 g/mol. The molecule has 1 unspecified atom stereocenters. The molecule has 0 radical (unpaired) electrons. The maximum absolute atomic E-state index is 11.6. The fourth-order valence-corrected chi connectivity index (χ4v) is 4.34. The summed E-state index contributed by atoms with van der Waals surface area (Å²) in [6, 6.07) is 8.20. The molecule has 8 nitrogen and oxygen atoms in total. The second-order valence-electron chi connectivity index (χ2n) is 8.26. The molecule has 0 amide bonds. The van der Waals surface area contributed by atoms with Crippen molar-refractivity contribution in [3.63, 3.8) is 0 Å².